The van der Waals surface area contributed by atoms with E-state index in [1.165, 1.54) is 243 Å². The van der Waals surface area contributed by atoms with Crippen LogP contribution < -0.4 is 0 Å². The molecule has 266 valence electrons. The summed E-state index contributed by atoms with van der Waals surface area (Å²) in [5, 5.41) is -0.0252. The molecule has 0 radical (unpaired) electrons. The van der Waals surface area contributed by atoms with Crippen LogP contribution in [0.5, 0.6) is 0 Å². The highest BCUT2D eigenvalue weighted by atomic mass is 79.9. The Labute approximate surface area is 298 Å². The first-order chi connectivity index (χ1) is 21.8. The van der Waals surface area contributed by atoms with Crippen molar-refractivity contribution in [3.8, 4) is 0 Å². The summed E-state index contributed by atoms with van der Waals surface area (Å²) in [6, 6.07) is 0. The lowest BCUT2D eigenvalue weighted by Crippen LogP contribution is -1.85. The maximum atomic E-state index is 3.97. The van der Waals surface area contributed by atoms with Gasteiger partial charge in [0.15, 0.2) is 0 Å². The van der Waals surface area contributed by atoms with Gasteiger partial charge in [-0.25, -0.2) is 0 Å². The van der Waals surface area contributed by atoms with E-state index in [9.17, 15) is 0 Å². The van der Waals surface area contributed by atoms with E-state index in [0.29, 0.717) is 0 Å². The Kier molecular flexibility index (Phi) is 44.2. The highest BCUT2D eigenvalue weighted by molar-refractivity contribution is 9.57. The fourth-order valence-corrected chi connectivity index (χ4v) is 13.8. The van der Waals surface area contributed by atoms with E-state index in [4.69, 9.17) is 0 Å². The molecule has 0 aliphatic heterocycles. The SMILES string of the molecule is CCCCCCCCCCCCCCCCCCCCSP(Br)SCCCCCCCCCCCCCCCCCCCC. The third kappa shape index (κ3) is 41.6. The zero-order valence-electron chi connectivity index (χ0n) is 30.5. The van der Waals surface area contributed by atoms with Crippen LogP contribution in [0.4, 0.5) is 0 Å². The van der Waals surface area contributed by atoms with Gasteiger partial charge in [0.2, 0.25) is 0 Å². The zero-order chi connectivity index (χ0) is 31.9. The Morgan fingerprint density at radius 3 is 0.614 bits per heavy atom. The fourth-order valence-electron chi connectivity index (χ4n) is 6.32. The maximum Gasteiger partial charge on any atom is 0.0831 e. The van der Waals surface area contributed by atoms with Crippen molar-refractivity contribution in [2.75, 3.05) is 11.5 Å². The summed E-state index contributed by atoms with van der Waals surface area (Å²) in [5.74, 6) is 2.73. The Morgan fingerprint density at radius 1 is 0.273 bits per heavy atom. The quantitative estimate of drug-likeness (QED) is 0.0454. The molecule has 0 aromatic heterocycles. The minimum absolute atomic E-state index is 0.0252. The Bertz CT molecular complexity index is 450. The molecule has 0 heterocycles. The Balaban J connectivity index is 3.13. The third-order valence-corrected chi connectivity index (χ3v) is 18.6. The van der Waals surface area contributed by atoms with Gasteiger partial charge < -0.3 is 0 Å². The van der Waals surface area contributed by atoms with Crippen LogP contribution in [-0.2, 0) is 0 Å². The summed E-state index contributed by atoms with van der Waals surface area (Å²) >= 11 is 8.37. The average Bonchev–Trinajstić information content (AvgIpc) is 3.03. The van der Waals surface area contributed by atoms with Gasteiger partial charge in [0.25, 0.3) is 0 Å². The summed E-state index contributed by atoms with van der Waals surface area (Å²) in [6.45, 7) is 4.62. The van der Waals surface area contributed by atoms with Crippen molar-refractivity contribution in [2.45, 2.75) is 245 Å². The summed E-state index contributed by atoms with van der Waals surface area (Å²) in [4.78, 5) is 0. The normalized spacial score (nSPS) is 11.7. The first-order valence-electron chi connectivity index (χ1n) is 20.5. The molecule has 0 nitrogen and oxygen atoms in total. The van der Waals surface area contributed by atoms with E-state index in [-0.39, 0.29) is 5.03 Å². The van der Waals surface area contributed by atoms with Gasteiger partial charge in [-0.15, -0.1) is 22.8 Å². The second kappa shape index (κ2) is 42.6. The molecule has 0 aromatic carbocycles. The van der Waals surface area contributed by atoms with Gasteiger partial charge in [0, 0.05) is 0 Å². The Hall–Kier alpha value is 1.61. The van der Waals surface area contributed by atoms with Crippen LogP contribution in [-0.4, -0.2) is 11.5 Å². The molecule has 0 aliphatic rings. The fraction of sp³-hybridized carbons (Fsp3) is 1.00. The van der Waals surface area contributed by atoms with E-state index < -0.39 is 0 Å². The molecule has 0 saturated heterocycles. The highest BCUT2D eigenvalue weighted by Crippen LogP contribution is 2.67. The van der Waals surface area contributed by atoms with Crippen LogP contribution in [0.2, 0.25) is 0 Å². The van der Waals surface area contributed by atoms with Gasteiger partial charge in [0.1, 0.15) is 0 Å². The van der Waals surface area contributed by atoms with Crippen LogP contribution in [0.25, 0.3) is 0 Å². The molecule has 0 spiro atoms. The van der Waals surface area contributed by atoms with Crippen LogP contribution in [0.3, 0.4) is 0 Å². The summed E-state index contributed by atoms with van der Waals surface area (Å²) < 4.78 is 0. The van der Waals surface area contributed by atoms with Gasteiger partial charge >= 0.3 is 0 Å². The number of rotatable bonds is 40. The minimum atomic E-state index is -0.0252. The van der Waals surface area contributed by atoms with Crippen molar-refractivity contribution >= 4 is 43.3 Å². The smallest absolute Gasteiger partial charge is 0.0831 e. The first-order valence-corrected chi connectivity index (χ1v) is 27.1. The Morgan fingerprint density at radius 2 is 0.432 bits per heavy atom. The standard InChI is InChI=1S/C40H82BrPS2/c1-3-5-7-9-11-13-15-17-19-21-23-25-27-29-31-33-35-37-39-43-42(41)44-40-38-36-34-32-30-28-26-24-22-20-18-16-14-12-10-8-6-4-2/h3-40H2,1-2H3. The van der Waals surface area contributed by atoms with E-state index in [2.05, 4.69) is 52.1 Å². The van der Waals surface area contributed by atoms with Crippen molar-refractivity contribution in [2.24, 2.45) is 0 Å². The molecule has 0 saturated carbocycles. The van der Waals surface area contributed by atoms with Gasteiger partial charge in [-0.2, -0.15) is 0 Å². The largest absolute Gasteiger partial charge is 0.112 e. The zero-order valence-corrected chi connectivity index (χ0v) is 34.6. The predicted octanol–water partition coefficient (Wildman–Crippen LogP) is 18.2. The topological polar surface area (TPSA) is 0 Å². The summed E-state index contributed by atoms with van der Waals surface area (Å²) in [5.41, 5.74) is 0. The lowest BCUT2D eigenvalue weighted by atomic mass is 10.0. The van der Waals surface area contributed by atoms with E-state index in [1.807, 2.05) is 0 Å². The molecule has 0 rings (SSSR count). The number of halogens is 1. The molecule has 0 bridgehead atoms. The molecule has 0 aromatic rings. The predicted molar refractivity (Wildman–Crippen MR) is 218 cm³/mol. The van der Waals surface area contributed by atoms with Crippen LogP contribution in [0.15, 0.2) is 0 Å². The molecule has 0 fully saturated rings. The van der Waals surface area contributed by atoms with Gasteiger partial charge in [-0.05, 0) is 39.8 Å². The monoisotopic (exact) mass is 736 g/mol. The molecule has 0 aliphatic carbocycles. The molecule has 0 amide bonds. The summed E-state index contributed by atoms with van der Waals surface area (Å²) in [7, 11) is 0. The van der Waals surface area contributed by atoms with E-state index >= 15 is 0 Å². The van der Waals surface area contributed by atoms with Gasteiger partial charge in [-0.1, -0.05) is 232 Å². The number of hydrogen-bond donors (Lipinski definition) is 0. The lowest BCUT2D eigenvalue weighted by Gasteiger charge is -2.09. The second-order valence-electron chi connectivity index (χ2n) is 13.9. The van der Waals surface area contributed by atoms with Gasteiger partial charge in [0.05, 0.1) is 5.03 Å². The van der Waals surface area contributed by atoms with Crippen molar-refractivity contribution in [1.82, 2.24) is 0 Å². The minimum Gasteiger partial charge on any atom is -0.112 e. The molecule has 0 N–H and O–H groups in total. The maximum absolute atomic E-state index is 3.97. The molecular weight excluding hydrogens is 655 g/mol. The lowest BCUT2D eigenvalue weighted by molar-refractivity contribution is 0.527. The van der Waals surface area contributed by atoms with E-state index in [1.54, 1.807) is 0 Å². The van der Waals surface area contributed by atoms with Crippen LogP contribution in [0, 0.1) is 0 Å². The van der Waals surface area contributed by atoms with Crippen molar-refractivity contribution in [1.29, 1.82) is 0 Å². The van der Waals surface area contributed by atoms with Crippen LogP contribution in [0.1, 0.15) is 245 Å². The molecule has 44 heavy (non-hydrogen) atoms. The molecule has 4 heteroatoms. The van der Waals surface area contributed by atoms with Crippen molar-refractivity contribution in [3.05, 3.63) is 0 Å². The number of unbranched alkanes of at least 4 members (excludes halogenated alkanes) is 34. The highest BCUT2D eigenvalue weighted by Gasteiger charge is 2.05. The van der Waals surface area contributed by atoms with Gasteiger partial charge in [-0.3, -0.25) is 0 Å². The summed E-state index contributed by atoms with van der Waals surface area (Å²) in [6.07, 6.45) is 52.8. The first kappa shape index (κ1) is 45.6. The third-order valence-electron chi connectivity index (χ3n) is 9.38. The van der Waals surface area contributed by atoms with Crippen molar-refractivity contribution in [3.63, 3.8) is 0 Å². The molecule has 0 atom stereocenters. The average molecular weight is 738 g/mol. The van der Waals surface area contributed by atoms with Crippen LogP contribution >= 0.6 is 43.3 Å². The number of hydrogen-bond acceptors (Lipinski definition) is 2. The molecular formula is C40H82BrPS2. The van der Waals surface area contributed by atoms with E-state index in [0.717, 1.165) is 0 Å². The van der Waals surface area contributed by atoms with Crippen molar-refractivity contribution < 1.29 is 0 Å². The second-order valence-corrected chi connectivity index (χ2v) is 25.0. The molecule has 0 unspecified atom stereocenters.